The summed E-state index contributed by atoms with van der Waals surface area (Å²) in [4.78, 5) is 68.9. The van der Waals surface area contributed by atoms with Gasteiger partial charge in [0.2, 0.25) is 5.91 Å². The lowest BCUT2D eigenvalue weighted by molar-refractivity contribution is -0.158. The van der Waals surface area contributed by atoms with Crippen LogP contribution in [0.25, 0.3) is 5.57 Å². The second-order valence-electron chi connectivity index (χ2n) is 12.1. The van der Waals surface area contributed by atoms with E-state index in [9.17, 15) is 24.0 Å². The summed E-state index contributed by atoms with van der Waals surface area (Å²) in [6, 6.07) is 24.9. The summed E-state index contributed by atoms with van der Waals surface area (Å²) in [7, 11) is 0. The number of ether oxygens (including phenoxy) is 2. The monoisotopic (exact) mass is 653 g/mol. The van der Waals surface area contributed by atoms with Gasteiger partial charge in [-0.3, -0.25) is 19.2 Å². The van der Waals surface area contributed by atoms with E-state index in [-0.39, 0.29) is 37.4 Å². The van der Waals surface area contributed by atoms with Crippen LogP contribution in [0.15, 0.2) is 91.0 Å². The van der Waals surface area contributed by atoms with Gasteiger partial charge in [-0.05, 0) is 55.4 Å². The third kappa shape index (κ3) is 10.1. The highest BCUT2D eigenvalue weighted by molar-refractivity contribution is 6.25. The van der Waals surface area contributed by atoms with E-state index in [4.69, 9.17) is 14.6 Å². The van der Waals surface area contributed by atoms with Crippen molar-refractivity contribution >= 4 is 35.1 Å². The number of aryl methyl sites for hydroxylation is 1. The zero-order chi connectivity index (χ0) is 34.5. The number of amides is 2. The molecule has 0 radical (unpaired) electrons. The van der Waals surface area contributed by atoms with E-state index in [0.717, 1.165) is 35.8 Å². The topological polar surface area (TPSA) is 127 Å². The van der Waals surface area contributed by atoms with Crippen molar-refractivity contribution in [3.05, 3.63) is 113 Å². The second kappa shape index (κ2) is 17.9. The van der Waals surface area contributed by atoms with Crippen LogP contribution in [-0.4, -0.2) is 64.9 Å². The summed E-state index contributed by atoms with van der Waals surface area (Å²) < 4.78 is 10.9. The first kappa shape index (κ1) is 36.0. The molecule has 9 nitrogen and oxygen atoms in total. The molecule has 1 saturated heterocycles. The maximum atomic E-state index is 14.4. The first-order chi connectivity index (χ1) is 23.2. The van der Waals surface area contributed by atoms with Crippen LogP contribution in [-0.2, 0) is 41.5 Å². The number of carbonyl (C=O) groups excluding carboxylic acids is 5. The van der Waals surface area contributed by atoms with E-state index in [1.807, 2.05) is 49.4 Å². The van der Waals surface area contributed by atoms with Crippen molar-refractivity contribution in [3.8, 4) is 0 Å². The average molecular weight is 654 g/mol. The van der Waals surface area contributed by atoms with E-state index in [1.165, 1.54) is 6.08 Å². The fraction of sp³-hybridized carbons (Fsp3) is 0.359. The molecule has 1 N–H and O–H groups in total. The molecular formula is C39H43NO8. The van der Waals surface area contributed by atoms with E-state index in [0.29, 0.717) is 30.4 Å². The number of aliphatic hydroxyl groups is 1. The lowest BCUT2D eigenvalue weighted by Crippen LogP contribution is -2.49. The number of hydrogen-bond donors (Lipinski definition) is 1. The molecule has 9 heteroatoms. The minimum atomic E-state index is -1.63. The van der Waals surface area contributed by atoms with E-state index < -0.39 is 41.8 Å². The number of benzene rings is 3. The Labute approximate surface area is 281 Å². The van der Waals surface area contributed by atoms with Crippen molar-refractivity contribution < 1.29 is 38.6 Å². The standard InChI is InChI=1S/C39H43NO8/c1-27-14-13-19-31(22-27)33(35(43)20-11-3-4-12-21-41)25-36(44)37(48-28(2)42)34(24-30-17-9-6-10-18-30)38(45)40-32(26-47-39(40)46)23-29-15-7-5-8-16-29/h5-10,13-19,22,25,32,34,37,41H,3-4,11-12,20-21,23-24,26H2,1-2H3/t32-,34-,37-/m0/s1. The third-order valence-electron chi connectivity index (χ3n) is 8.30. The summed E-state index contributed by atoms with van der Waals surface area (Å²) in [6.45, 7) is 3.09. The van der Waals surface area contributed by atoms with Crippen molar-refractivity contribution in [1.29, 1.82) is 0 Å². The molecule has 3 atom stereocenters. The summed E-state index contributed by atoms with van der Waals surface area (Å²) in [5, 5.41) is 9.09. The average Bonchev–Trinajstić information content (AvgIpc) is 3.44. The molecule has 0 aliphatic carbocycles. The number of imide groups is 1. The number of nitrogens with zero attached hydrogens (tertiary/aromatic N) is 1. The molecule has 1 aliphatic rings. The van der Waals surface area contributed by atoms with Crippen molar-refractivity contribution in [2.24, 2.45) is 5.92 Å². The van der Waals surface area contributed by atoms with Gasteiger partial charge in [-0.25, -0.2) is 9.69 Å². The molecule has 0 saturated carbocycles. The Hall–Kier alpha value is -4.89. The minimum Gasteiger partial charge on any atom is -0.453 e. The molecule has 252 valence electrons. The number of unbranched alkanes of at least 4 members (excludes halogenated alkanes) is 3. The number of Topliss-reactive ketones (excluding diaryl/α,β-unsaturated/α-hetero) is 1. The summed E-state index contributed by atoms with van der Waals surface area (Å²) in [6.07, 6.45) is 1.93. The number of rotatable bonds is 17. The van der Waals surface area contributed by atoms with Gasteiger partial charge in [0.15, 0.2) is 17.7 Å². The van der Waals surface area contributed by atoms with Crippen molar-refractivity contribution in [3.63, 3.8) is 0 Å². The van der Waals surface area contributed by atoms with Crippen LogP contribution in [0.2, 0.25) is 0 Å². The number of esters is 1. The molecular weight excluding hydrogens is 610 g/mol. The van der Waals surface area contributed by atoms with E-state index in [1.54, 1.807) is 42.5 Å². The van der Waals surface area contributed by atoms with Gasteiger partial charge in [0.1, 0.15) is 6.61 Å². The molecule has 1 fully saturated rings. The van der Waals surface area contributed by atoms with Crippen LogP contribution < -0.4 is 0 Å². The zero-order valence-electron chi connectivity index (χ0n) is 27.5. The van der Waals surface area contributed by atoms with Crippen LogP contribution in [0.3, 0.4) is 0 Å². The number of cyclic esters (lactones) is 1. The molecule has 0 unspecified atom stereocenters. The largest absolute Gasteiger partial charge is 0.453 e. The van der Waals surface area contributed by atoms with E-state index >= 15 is 0 Å². The van der Waals surface area contributed by atoms with Gasteiger partial charge in [-0.15, -0.1) is 0 Å². The predicted molar refractivity (Wildman–Crippen MR) is 181 cm³/mol. The molecule has 48 heavy (non-hydrogen) atoms. The van der Waals surface area contributed by atoms with Crippen molar-refractivity contribution in [2.45, 2.75) is 70.9 Å². The van der Waals surface area contributed by atoms with Crippen LogP contribution in [0.1, 0.15) is 61.3 Å². The maximum absolute atomic E-state index is 14.4. The molecule has 3 aromatic rings. The quantitative estimate of drug-likeness (QED) is 0.109. The Morgan fingerprint density at radius 3 is 2.23 bits per heavy atom. The summed E-state index contributed by atoms with van der Waals surface area (Å²) in [5.74, 6) is -3.79. The lowest BCUT2D eigenvalue weighted by Gasteiger charge is -2.29. The van der Waals surface area contributed by atoms with Crippen LogP contribution >= 0.6 is 0 Å². The highest BCUT2D eigenvalue weighted by Gasteiger charge is 2.45. The van der Waals surface area contributed by atoms with Crippen molar-refractivity contribution in [2.75, 3.05) is 13.2 Å². The minimum absolute atomic E-state index is 0.0163. The Bertz CT molecular complexity index is 1600. The molecule has 4 rings (SSSR count). The number of ketones is 2. The summed E-state index contributed by atoms with van der Waals surface area (Å²) in [5.41, 5.74) is 3.15. The lowest BCUT2D eigenvalue weighted by atomic mass is 9.87. The number of carbonyl (C=O) groups is 5. The molecule has 3 aromatic carbocycles. The first-order valence-corrected chi connectivity index (χ1v) is 16.4. The molecule has 0 spiro atoms. The third-order valence-corrected chi connectivity index (χ3v) is 8.30. The Kier molecular flexibility index (Phi) is 13.4. The van der Waals surface area contributed by atoms with Crippen LogP contribution in [0.4, 0.5) is 4.79 Å². The summed E-state index contributed by atoms with van der Waals surface area (Å²) >= 11 is 0. The smallest absolute Gasteiger partial charge is 0.416 e. The molecule has 1 aliphatic heterocycles. The fourth-order valence-electron chi connectivity index (χ4n) is 5.90. The Morgan fingerprint density at radius 1 is 0.917 bits per heavy atom. The van der Waals surface area contributed by atoms with Gasteiger partial charge < -0.3 is 14.6 Å². The molecule has 1 heterocycles. The van der Waals surface area contributed by atoms with E-state index in [2.05, 4.69) is 0 Å². The SMILES string of the molecule is CC(=O)O[C@H](C(=O)C=C(C(=O)CCCCCCO)c1cccc(C)c1)[C@H](Cc1ccccc1)C(=O)N1C(=O)OC[C@@H]1Cc1ccccc1. The first-order valence-electron chi connectivity index (χ1n) is 16.4. The zero-order valence-corrected chi connectivity index (χ0v) is 27.5. The predicted octanol–water partition coefficient (Wildman–Crippen LogP) is 5.84. The highest BCUT2D eigenvalue weighted by atomic mass is 16.6. The fourth-order valence-corrected chi connectivity index (χ4v) is 5.90. The Morgan fingerprint density at radius 2 is 1.58 bits per heavy atom. The van der Waals surface area contributed by atoms with Gasteiger partial charge in [0, 0.05) is 25.5 Å². The molecule has 0 bridgehead atoms. The molecule has 2 amide bonds. The van der Waals surface area contributed by atoms with Gasteiger partial charge in [-0.2, -0.15) is 0 Å². The number of hydrogen-bond acceptors (Lipinski definition) is 8. The maximum Gasteiger partial charge on any atom is 0.416 e. The van der Waals surface area contributed by atoms with Gasteiger partial charge >= 0.3 is 12.1 Å². The van der Waals surface area contributed by atoms with Gasteiger partial charge in [0.25, 0.3) is 0 Å². The normalized spacial score (nSPS) is 15.8. The van der Waals surface area contributed by atoms with Crippen molar-refractivity contribution in [1.82, 2.24) is 4.90 Å². The van der Waals surface area contributed by atoms with Gasteiger partial charge in [0.05, 0.1) is 12.0 Å². The van der Waals surface area contributed by atoms with Crippen LogP contribution in [0, 0.1) is 12.8 Å². The highest BCUT2D eigenvalue weighted by Crippen LogP contribution is 2.28. The number of allylic oxidation sites excluding steroid dienone is 1. The van der Waals surface area contributed by atoms with Gasteiger partial charge in [-0.1, -0.05) is 103 Å². The number of aliphatic hydroxyl groups excluding tert-OH is 1. The van der Waals surface area contributed by atoms with Crippen LogP contribution in [0.5, 0.6) is 0 Å². The Balaban J connectivity index is 1.73. The molecule has 0 aromatic heterocycles. The second-order valence-corrected chi connectivity index (χ2v) is 12.1.